The fraction of sp³-hybridized carbons (Fsp3) is 0.556. The van der Waals surface area contributed by atoms with E-state index in [4.69, 9.17) is 5.11 Å². The van der Waals surface area contributed by atoms with Crippen LogP contribution in [0, 0.1) is 5.92 Å². The Hall–Kier alpha value is -1.68. The fourth-order valence-electron chi connectivity index (χ4n) is 2.51. The first kappa shape index (κ1) is 20.3. The first-order chi connectivity index (χ1) is 10.5. The maximum absolute atomic E-state index is 11.7. The van der Waals surface area contributed by atoms with E-state index in [0.29, 0.717) is 13.1 Å². The van der Waals surface area contributed by atoms with Crippen molar-refractivity contribution in [2.24, 2.45) is 5.92 Å². The number of ketones is 1. The number of rotatable bonds is 2. The third-order valence-electron chi connectivity index (χ3n) is 3.52. The number of benzene rings is 1. The molecule has 2 atom stereocenters. The number of carbonyl (C=O) groups excluding carboxylic acids is 2. The second kappa shape index (κ2) is 11.0. The summed E-state index contributed by atoms with van der Waals surface area (Å²) in [5, 5.41) is 7.57. The third-order valence-corrected chi connectivity index (χ3v) is 3.52. The number of likely N-dealkylation sites (tertiary alicyclic amines) is 1. The maximum Gasteiger partial charge on any atom is 0.219 e. The van der Waals surface area contributed by atoms with Gasteiger partial charge in [0.15, 0.2) is 0 Å². The Morgan fingerprint density at radius 2 is 1.64 bits per heavy atom. The number of aliphatic hydroxyl groups is 1. The molecule has 4 heteroatoms. The average molecular weight is 307 g/mol. The Labute approximate surface area is 134 Å². The molecule has 0 radical (unpaired) electrons. The van der Waals surface area contributed by atoms with Crippen molar-refractivity contribution in [2.45, 2.75) is 40.5 Å². The lowest BCUT2D eigenvalue weighted by atomic mass is 9.87. The van der Waals surface area contributed by atoms with E-state index in [2.05, 4.69) is 0 Å². The van der Waals surface area contributed by atoms with Crippen LogP contribution >= 0.6 is 0 Å². The number of hydrogen-bond donors (Lipinski definition) is 1. The molecule has 1 amide bonds. The summed E-state index contributed by atoms with van der Waals surface area (Å²) in [4.78, 5) is 24.8. The number of amides is 1. The summed E-state index contributed by atoms with van der Waals surface area (Å²) in [6.07, 6.45) is 0. The molecule has 0 aliphatic carbocycles. The van der Waals surface area contributed by atoms with Gasteiger partial charge in [-0.2, -0.15) is 0 Å². The molecule has 0 spiro atoms. The van der Waals surface area contributed by atoms with Crippen LogP contribution in [-0.2, 0) is 9.59 Å². The Balaban J connectivity index is 0.000000789. The molecule has 1 aromatic rings. The molecule has 124 valence electrons. The molecule has 1 fully saturated rings. The molecule has 1 saturated heterocycles. The summed E-state index contributed by atoms with van der Waals surface area (Å²) in [6, 6.07) is 9.98. The van der Waals surface area contributed by atoms with E-state index < -0.39 is 0 Å². The second-order valence-electron chi connectivity index (χ2n) is 4.97. The zero-order valence-corrected chi connectivity index (χ0v) is 14.4. The summed E-state index contributed by atoms with van der Waals surface area (Å²) < 4.78 is 0. The number of hydrogen-bond acceptors (Lipinski definition) is 3. The standard InChI is InChI=1S/C14H17NO2.C2H6O.C2H6/c1-10(16)13-8-15(11(2)17)9-14(13)12-6-4-3-5-7-12;1-2-3;1-2/h3-7,13-14H,8-9H2,1-2H3;3H,2H2,1H3;1-2H3/t13-,14-;;/m0../s1. The molecule has 0 bridgehead atoms. The van der Waals surface area contributed by atoms with Gasteiger partial charge < -0.3 is 10.0 Å². The summed E-state index contributed by atoms with van der Waals surface area (Å²) in [5.74, 6) is 0.316. The van der Waals surface area contributed by atoms with Crippen LogP contribution in [0.4, 0.5) is 0 Å². The first-order valence-corrected chi connectivity index (χ1v) is 7.93. The number of carbonyl (C=O) groups is 2. The van der Waals surface area contributed by atoms with Crippen LogP contribution in [0.1, 0.15) is 46.1 Å². The molecule has 1 N–H and O–H groups in total. The van der Waals surface area contributed by atoms with E-state index in [-0.39, 0.29) is 30.1 Å². The van der Waals surface area contributed by atoms with Crippen molar-refractivity contribution in [2.75, 3.05) is 19.7 Å². The van der Waals surface area contributed by atoms with Crippen molar-refractivity contribution in [3.8, 4) is 0 Å². The van der Waals surface area contributed by atoms with Gasteiger partial charge in [0.1, 0.15) is 5.78 Å². The van der Waals surface area contributed by atoms with E-state index in [9.17, 15) is 9.59 Å². The normalized spacial score (nSPS) is 19.5. The fourth-order valence-corrected chi connectivity index (χ4v) is 2.51. The Kier molecular flexibility index (Phi) is 10.1. The summed E-state index contributed by atoms with van der Waals surface area (Å²) in [5.41, 5.74) is 1.15. The van der Waals surface area contributed by atoms with Gasteiger partial charge in [0.05, 0.1) is 0 Å². The van der Waals surface area contributed by atoms with Gasteiger partial charge in [0, 0.05) is 38.5 Å². The van der Waals surface area contributed by atoms with E-state index >= 15 is 0 Å². The van der Waals surface area contributed by atoms with Gasteiger partial charge in [0.25, 0.3) is 0 Å². The van der Waals surface area contributed by atoms with Crippen LogP contribution in [0.15, 0.2) is 30.3 Å². The topological polar surface area (TPSA) is 57.6 Å². The second-order valence-corrected chi connectivity index (χ2v) is 4.97. The van der Waals surface area contributed by atoms with E-state index in [1.54, 1.807) is 25.7 Å². The molecule has 0 saturated carbocycles. The SMILES string of the molecule is CC.CC(=O)[C@@H]1CN(C(C)=O)C[C@H]1c1ccccc1.CCO. The predicted molar refractivity (Wildman–Crippen MR) is 89.7 cm³/mol. The van der Waals surface area contributed by atoms with Crippen LogP contribution in [0.2, 0.25) is 0 Å². The Bertz CT molecular complexity index is 445. The molecular formula is C18H29NO3. The van der Waals surface area contributed by atoms with E-state index in [1.165, 1.54) is 0 Å². The third kappa shape index (κ3) is 5.98. The van der Waals surface area contributed by atoms with Crippen LogP contribution in [0.5, 0.6) is 0 Å². The summed E-state index contributed by atoms with van der Waals surface area (Å²) in [6.45, 7) is 10.3. The first-order valence-electron chi connectivity index (χ1n) is 7.93. The van der Waals surface area contributed by atoms with Crippen LogP contribution in [0.25, 0.3) is 0 Å². The lowest BCUT2D eigenvalue weighted by Crippen LogP contribution is -2.26. The van der Waals surface area contributed by atoms with Gasteiger partial charge >= 0.3 is 0 Å². The zero-order chi connectivity index (χ0) is 17.1. The van der Waals surface area contributed by atoms with Gasteiger partial charge in [-0.1, -0.05) is 44.2 Å². The van der Waals surface area contributed by atoms with Crippen LogP contribution in [-0.4, -0.2) is 41.4 Å². The van der Waals surface area contributed by atoms with Crippen molar-refractivity contribution in [3.05, 3.63) is 35.9 Å². The van der Waals surface area contributed by atoms with Gasteiger partial charge in [-0.25, -0.2) is 0 Å². The highest BCUT2D eigenvalue weighted by Gasteiger charge is 2.37. The molecule has 1 aliphatic rings. The van der Waals surface area contributed by atoms with Gasteiger partial charge in [0.2, 0.25) is 5.91 Å². The largest absolute Gasteiger partial charge is 0.397 e. The zero-order valence-electron chi connectivity index (χ0n) is 14.4. The Morgan fingerprint density at radius 3 is 2.05 bits per heavy atom. The lowest BCUT2D eigenvalue weighted by molar-refractivity contribution is -0.128. The molecular weight excluding hydrogens is 278 g/mol. The van der Waals surface area contributed by atoms with Gasteiger partial charge in [-0.05, 0) is 19.4 Å². The highest BCUT2D eigenvalue weighted by atomic mass is 16.2. The van der Waals surface area contributed by atoms with E-state index in [1.807, 2.05) is 44.2 Å². The van der Waals surface area contributed by atoms with Gasteiger partial charge in [-0.3, -0.25) is 9.59 Å². The number of Topliss-reactive ketones (excluding diaryl/α,β-unsaturated/α-hetero) is 1. The summed E-state index contributed by atoms with van der Waals surface area (Å²) >= 11 is 0. The minimum atomic E-state index is -0.0544. The van der Waals surface area contributed by atoms with Crippen LogP contribution in [0.3, 0.4) is 0 Å². The molecule has 22 heavy (non-hydrogen) atoms. The monoisotopic (exact) mass is 307 g/mol. The number of nitrogens with zero attached hydrogens (tertiary/aromatic N) is 1. The lowest BCUT2D eigenvalue weighted by Gasteiger charge is -2.15. The van der Waals surface area contributed by atoms with Crippen molar-refractivity contribution >= 4 is 11.7 Å². The van der Waals surface area contributed by atoms with Crippen LogP contribution < -0.4 is 0 Å². The highest BCUT2D eigenvalue weighted by Crippen LogP contribution is 2.33. The van der Waals surface area contributed by atoms with Crippen molar-refractivity contribution in [1.82, 2.24) is 4.90 Å². The minimum absolute atomic E-state index is 0.0506. The molecule has 1 heterocycles. The molecule has 1 aromatic carbocycles. The van der Waals surface area contributed by atoms with Crippen molar-refractivity contribution < 1.29 is 14.7 Å². The maximum atomic E-state index is 11.7. The summed E-state index contributed by atoms with van der Waals surface area (Å²) in [7, 11) is 0. The molecule has 0 aromatic heterocycles. The smallest absolute Gasteiger partial charge is 0.219 e. The van der Waals surface area contributed by atoms with E-state index in [0.717, 1.165) is 5.56 Å². The quantitative estimate of drug-likeness (QED) is 0.914. The highest BCUT2D eigenvalue weighted by molar-refractivity contribution is 5.82. The molecule has 1 aliphatic heterocycles. The minimum Gasteiger partial charge on any atom is -0.397 e. The molecule has 2 rings (SSSR count). The van der Waals surface area contributed by atoms with Crippen molar-refractivity contribution in [1.29, 1.82) is 0 Å². The van der Waals surface area contributed by atoms with Gasteiger partial charge in [-0.15, -0.1) is 0 Å². The van der Waals surface area contributed by atoms with Crippen molar-refractivity contribution in [3.63, 3.8) is 0 Å². The average Bonchev–Trinajstić information content (AvgIpc) is 2.97. The molecule has 4 nitrogen and oxygen atoms in total. The Morgan fingerprint density at radius 1 is 1.14 bits per heavy atom. The predicted octanol–water partition coefficient (Wildman–Crippen LogP) is 2.86. The number of aliphatic hydroxyl groups excluding tert-OH is 1. The molecule has 0 unspecified atom stereocenters.